The van der Waals surface area contributed by atoms with Crippen LogP contribution in [0.4, 0.5) is 10.5 Å². The molecule has 0 saturated carbocycles. The van der Waals surface area contributed by atoms with E-state index in [1.54, 1.807) is 7.11 Å². The number of para-hydroxylation sites is 2. The molecule has 0 aliphatic carbocycles. The Balaban J connectivity index is 1.55. The first-order valence-corrected chi connectivity index (χ1v) is 9.64. The van der Waals surface area contributed by atoms with Gasteiger partial charge in [0.1, 0.15) is 5.75 Å². The van der Waals surface area contributed by atoms with E-state index in [4.69, 9.17) is 4.74 Å². The summed E-state index contributed by atoms with van der Waals surface area (Å²) in [7, 11) is 1.69. The highest BCUT2D eigenvalue weighted by atomic mass is 16.5. The van der Waals surface area contributed by atoms with Gasteiger partial charge in [0.2, 0.25) is 0 Å². The summed E-state index contributed by atoms with van der Waals surface area (Å²) < 4.78 is 5.46. The number of rotatable bonds is 5. The van der Waals surface area contributed by atoms with Gasteiger partial charge < -0.3 is 19.9 Å². The molecular formula is C22H29N3O2. The highest BCUT2D eigenvalue weighted by Crippen LogP contribution is 2.28. The van der Waals surface area contributed by atoms with E-state index in [0.29, 0.717) is 13.1 Å². The first kappa shape index (κ1) is 19.1. The Kier molecular flexibility index (Phi) is 6.22. The second kappa shape index (κ2) is 8.80. The van der Waals surface area contributed by atoms with Gasteiger partial charge in [0.15, 0.2) is 0 Å². The van der Waals surface area contributed by atoms with Crippen molar-refractivity contribution in [1.82, 2.24) is 10.2 Å². The molecule has 1 N–H and O–H groups in total. The Labute approximate surface area is 161 Å². The summed E-state index contributed by atoms with van der Waals surface area (Å²) in [4.78, 5) is 16.8. The average Bonchev–Trinajstić information content (AvgIpc) is 2.73. The lowest BCUT2D eigenvalue weighted by molar-refractivity contribution is 0.191. The maximum atomic E-state index is 12.6. The molecule has 0 radical (unpaired) electrons. The standard InChI is InChI=1S/C22H29N3O2/c1-4-18-9-11-19(12-10-18)17(2)23-22(26)25-15-13-24(14-16-25)20-7-5-6-8-21(20)27-3/h5-12,17H,4,13-16H2,1-3H3,(H,23,26). The quantitative estimate of drug-likeness (QED) is 0.873. The third-order valence-corrected chi connectivity index (χ3v) is 5.22. The zero-order valence-electron chi connectivity index (χ0n) is 16.4. The van der Waals surface area contributed by atoms with Crippen molar-refractivity contribution in [2.45, 2.75) is 26.3 Å². The molecule has 1 unspecified atom stereocenters. The second-order valence-electron chi connectivity index (χ2n) is 6.91. The van der Waals surface area contributed by atoms with Crippen molar-refractivity contribution < 1.29 is 9.53 Å². The molecule has 0 bridgehead atoms. The molecule has 2 aromatic rings. The first-order valence-electron chi connectivity index (χ1n) is 9.64. The number of carbonyl (C=O) groups excluding carboxylic acids is 1. The average molecular weight is 367 g/mol. The lowest BCUT2D eigenvalue weighted by Gasteiger charge is -2.37. The van der Waals surface area contributed by atoms with E-state index in [9.17, 15) is 4.79 Å². The van der Waals surface area contributed by atoms with E-state index >= 15 is 0 Å². The van der Waals surface area contributed by atoms with Gasteiger partial charge in [0.05, 0.1) is 18.8 Å². The van der Waals surface area contributed by atoms with Crippen LogP contribution in [0.25, 0.3) is 0 Å². The molecule has 0 spiro atoms. The predicted octanol–water partition coefficient (Wildman–Crippen LogP) is 3.85. The second-order valence-corrected chi connectivity index (χ2v) is 6.91. The lowest BCUT2D eigenvalue weighted by atomic mass is 10.1. The molecule has 5 nitrogen and oxygen atoms in total. The summed E-state index contributed by atoms with van der Waals surface area (Å²) in [5, 5.41) is 3.12. The largest absolute Gasteiger partial charge is 0.495 e. The van der Waals surface area contributed by atoms with Gasteiger partial charge >= 0.3 is 6.03 Å². The number of amides is 2. The minimum absolute atomic E-state index is 0.00162. The number of nitrogens with one attached hydrogen (secondary N) is 1. The van der Waals surface area contributed by atoms with E-state index in [0.717, 1.165) is 36.5 Å². The van der Waals surface area contributed by atoms with Crippen molar-refractivity contribution in [1.29, 1.82) is 0 Å². The van der Waals surface area contributed by atoms with Crippen molar-refractivity contribution >= 4 is 11.7 Å². The van der Waals surface area contributed by atoms with Gasteiger partial charge in [0.25, 0.3) is 0 Å². The van der Waals surface area contributed by atoms with Gasteiger partial charge in [-0.2, -0.15) is 0 Å². The van der Waals surface area contributed by atoms with Crippen molar-refractivity contribution in [3.8, 4) is 5.75 Å². The van der Waals surface area contributed by atoms with Crippen molar-refractivity contribution in [2.75, 3.05) is 38.2 Å². The number of carbonyl (C=O) groups is 1. The molecule has 0 aromatic heterocycles. The molecule has 2 aromatic carbocycles. The van der Waals surface area contributed by atoms with Crippen LogP contribution >= 0.6 is 0 Å². The maximum Gasteiger partial charge on any atom is 0.317 e. The number of hydrogen-bond acceptors (Lipinski definition) is 3. The van der Waals surface area contributed by atoms with E-state index < -0.39 is 0 Å². The normalized spacial score (nSPS) is 15.4. The van der Waals surface area contributed by atoms with Crippen molar-refractivity contribution in [3.63, 3.8) is 0 Å². The molecule has 1 aliphatic heterocycles. The highest BCUT2D eigenvalue weighted by molar-refractivity contribution is 5.75. The molecule has 5 heteroatoms. The van der Waals surface area contributed by atoms with Crippen LogP contribution in [0.15, 0.2) is 48.5 Å². The van der Waals surface area contributed by atoms with Gasteiger partial charge in [0, 0.05) is 26.2 Å². The Bertz CT molecular complexity index is 752. The number of methoxy groups -OCH3 is 1. The zero-order valence-corrected chi connectivity index (χ0v) is 16.4. The monoisotopic (exact) mass is 367 g/mol. The summed E-state index contributed by atoms with van der Waals surface area (Å²) >= 11 is 0. The molecule has 1 aliphatic rings. The van der Waals surface area contributed by atoms with Crippen LogP contribution in [-0.4, -0.2) is 44.2 Å². The van der Waals surface area contributed by atoms with Crippen LogP contribution in [0, 0.1) is 0 Å². The number of piperazine rings is 1. The van der Waals surface area contributed by atoms with Gasteiger partial charge in [-0.05, 0) is 36.6 Å². The summed E-state index contributed by atoms with van der Waals surface area (Å²) in [5.41, 5.74) is 3.53. The zero-order chi connectivity index (χ0) is 19.2. The SMILES string of the molecule is CCc1ccc(C(C)NC(=O)N2CCN(c3ccccc3OC)CC2)cc1. The Morgan fingerprint density at radius 1 is 1.07 bits per heavy atom. The van der Waals surface area contributed by atoms with E-state index in [2.05, 4.69) is 47.5 Å². The number of urea groups is 1. The number of aryl methyl sites for hydroxylation is 1. The molecule has 1 fully saturated rings. The molecule has 3 rings (SSSR count). The van der Waals surface area contributed by atoms with E-state index in [1.807, 2.05) is 30.0 Å². The van der Waals surface area contributed by atoms with Crippen molar-refractivity contribution in [2.24, 2.45) is 0 Å². The third kappa shape index (κ3) is 4.54. The molecule has 2 amide bonds. The maximum absolute atomic E-state index is 12.6. The Morgan fingerprint density at radius 3 is 2.37 bits per heavy atom. The van der Waals surface area contributed by atoms with Crippen LogP contribution < -0.4 is 15.0 Å². The minimum Gasteiger partial charge on any atom is -0.495 e. The van der Waals surface area contributed by atoms with Crippen LogP contribution in [0.5, 0.6) is 5.75 Å². The molecule has 144 valence electrons. The predicted molar refractivity (Wildman–Crippen MR) is 110 cm³/mol. The van der Waals surface area contributed by atoms with Crippen LogP contribution in [0.1, 0.15) is 31.0 Å². The fourth-order valence-corrected chi connectivity index (χ4v) is 3.44. The summed E-state index contributed by atoms with van der Waals surface area (Å²) in [6.07, 6.45) is 1.03. The fourth-order valence-electron chi connectivity index (χ4n) is 3.44. The minimum atomic E-state index is -0.00402. The van der Waals surface area contributed by atoms with Gasteiger partial charge in [-0.3, -0.25) is 0 Å². The summed E-state index contributed by atoms with van der Waals surface area (Å²) in [6, 6.07) is 16.5. The number of anilines is 1. The molecule has 1 saturated heterocycles. The fraction of sp³-hybridized carbons (Fsp3) is 0.409. The van der Waals surface area contributed by atoms with Gasteiger partial charge in [-0.15, -0.1) is 0 Å². The molecular weight excluding hydrogens is 338 g/mol. The van der Waals surface area contributed by atoms with E-state index in [-0.39, 0.29) is 12.1 Å². The molecule has 1 heterocycles. The number of benzene rings is 2. The number of hydrogen-bond donors (Lipinski definition) is 1. The number of nitrogens with zero attached hydrogens (tertiary/aromatic N) is 2. The van der Waals surface area contributed by atoms with Crippen molar-refractivity contribution in [3.05, 3.63) is 59.7 Å². The first-order chi connectivity index (χ1) is 13.1. The van der Waals surface area contributed by atoms with Crippen LogP contribution in [-0.2, 0) is 6.42 Å². The smallest absolute Gasteiger partial charge is 0.317 e. The van der Waals surface area contributed by atoms with Gasteiger partial charge in [-0.25, -0.2) is 4.79 Å². The van der Waals surface area contributed by atoms with Crippen LogP contribution in [0.2, 0.25) is 0 Å². The highest BCUT2D eigenvalue weighted by Gasteiger charge is 2.23. The van der Waals surface area contributed by atoms with E-state index in [1.165, 1.54) is 5.56 Å². The molecule has 27 heavy (non-hydrogen) atoms. The Hall–Kier alpha value is -2.69. The summed E-state index contributed by atoms with van der Waals surface area (Å²) in [6.45, 7) is 7.17. The van der Waals surface area contributed by atoms with Gasteiger partial charge in [-0.1, -0.05) is 43.3 Å². The summed E-state index contributed by atoms with van der Waals surface area (Å²) in [5.74, 6) is 0.875. The number of ether oxygens (including phenoxy) is 1. The lowest BCUT2D eigenvalue weighted by Crippen LogP contribution is -2.52. The Morgan fingerprint density at radius 2 is 1.74 bits per heavy atom. The topological polar surface area (TPSA) is 44.8 Å². The molecule has 1 atom stereocenters. The van der Waals surface area contributed by atoms with Crippen LogP contribution in [0.3, 0.4) is 0 Å². The third-order valence-electron chi connectivity index (χ3n) is 5.22.